The highest BCUT2D eigenvalue weighted by Crippen LogP contribution is 1.95. The smallest absolute Gasteiger partial charge is 0.322 e. The van der Waals surface area contributed by atoms with Crippen molar-refractivity contribution in [3.05, 3.63) is 0 Å². The zero-order valence-corrected chi connectivity index (χ0v) is 7.27. The summed E-state index contributed by atoms with van der Waals surface area (Å²) in [6.07, 6.45) is -1.44. The van der Waals surface area contributed by atoms with Crippen molar-refractivity contribution in [2.45, 2.75) is 25.7 Å². The van der Waals surface area contributed by atoms with E-state index in [2.05, 4.69) is 4.74 Å². The average Bonchev–Trinajstić information content (AvgIpc) is 1.98. The minimum Gasteiger partial charge on any atom is -0.480 e. The Morgan fingerprint density at radius 3 is 2.46 bits per heavy atom. The molecule has 0 aliphatic heterocycles. The summed E-state index contributed by atoms with van der Waals surface area (Å²) in [6.45, 7) is 0.980. The van der Waals surface area contributed by atoms with Crippen LogP contribution in [0.5, 0.6) is 0 Å². The molecule has 0 bridgehead atoms. The molecule has 0 aromatic rings. The lowest BCUT2D eigenvalue weighted by atomic mass is 10.3. The second-order valence-corrected chi connectivity index (χ2v) is 2.64. The third-order valence-electron chi connectivity index (χ3n) is 1.25. The van der Waals surface area contributed by atoms with Gasteiger partial charge in [0.15, 0.2) is 6.29 Å². The molecule has 2 atom stereocenters. The number of carbonyl (C=O) groups excluding carboxylic acids is 1. The fraction of sp³-hybridized carbons (Fsp3) is 0.714. The third-order valence-corrected chi connectivity index (χ3v) is 1.25. The second kappa shape index (κ2) is 5.63. The number of carbonyl (C=O) groups is 2. The number of ether oxygens (including phenoxy) is 1. The van der Waals surface area contributed by atoms with Gasteiger partial charge in [0.1, 0.15) is 11.8 Å². The van der Waals surface area contributed by atoms with Gasteiger partial charge in [0.2, 0.25) is 0 Å². The number of hydrogen-bond donors (Lipinski definition) is 3. The first-order valence-electron chi connectivity index (χ1n) is 3.71. The minimum atomic E-state index is -1.28. The van der Waals surface area contributed by atoms with E-state index < -0.39 is 18.3 Å². The molecular formula is C7H13NO5. The first-order chi connectivity index (χ1) is 5.93. The molecular weight excluding hydrogens is 178 g/mol. The standard InChI is InChI=1S/C7H13NO5/c1-4(9)2-6(10)13-3-5(8)7(11)12/h5-6,10H,2-3,8H2,1H3,(H,11,12)/t5-,6?/m0/s1. The number of Topliss-reactive ketones (excluding diaryl/α,β-unsaturated/α-hetero) is 1. The molecule has 6 heteroatoms. The van der Waals surface area contributed by atoms with Crippen molar-refractivity contribution in [2.24, 2.45) is 5.73 Å². The first kappa shape index (κ1) is 12.0. The Bertz CT molecular complexity index is 193. The highest BCUT2D eigenvalue weighted by atomic mass is 16.6. The van der Waals surface area contributed by atoms with Gasteiger partial charge >= 0.3 is 5.97 Å². The van der Waals surface area contributed by atoms with Crippen molar-refractivity contribution in [1.82, 2.24) is 0 Å². The van der Waals surface area contributed by atoms with Crippen LogP contribution in [0.3, 0.4) is 0 Å². The molecule has 4 N–H and O–H groups in total. The molecule has 0 aromatic carbocycles. The van der Waals surface area contributed by atoms with E-state index in [4.69, 9.17) is 15.9 Å². The molecule has 0 saturated heterocycles. The zero-order chi connectivity index (χ0) is 10.4. The van der Waals surface area contributed by atoms with E-state index in [0.717, 1.165) is 0 Å². The lowest BCUT2D eigenvalue weighted by Crippen LogP contribution is -2.36. The van der Waals surface area contributed by atoms with Crippen LogP contribution in [0.25, 0.3) is 0 Å². The van der Waals surface area contributed by atoms with Crippen molar-refractivity contribution in [1.29, 1.82) is 0 Å². The number of carboxylic acids is 1. The second-order valence-electron chi connectivity index (χ2n) is 2.64. The van der Waals surface area contributed by atoms with Gasteiger partial charge in [-0.1, -0.05) is 0 Å². The number of nitrogens with two attached hydrogens (primary N) is 1. The summed E-state index contributed by atoms with van der Waals surface area (Å²) >= 11 is 0. The maximum atomic E-state index is 10.4. The van der Waals surface area contributed by atoms with Crippen LogP contribution in [0.4, 0.5) is 0 Å². The van der Waals surface area contributed by atoms with Gasteiger partial charge in [0.05, 0.1) is 13.0 Å². The Labute approximate surface area is 75.3 Å². The molecule has 0 amide bonds. The Kier molecular flexibility index (Phi) is 5.20. The zero-order valence-electron chi connectivity index (χ0n) is 7.27. The molecule has 0 aliphatic carbocycles. The summed E-state index contributed by atoms with van der Waals surface area (Å²) in [5.74, 6) is -1.45. The summed E-state index contributed by atoms with van der Waals surface area (Å²) in [4.78, 5) is 20.6. The number of ketones is 1. The molecule has 0 radical (unpaired) electrons. The van der Waals surface area contributed by atoms with Gasteiger partial charge in [-0.05, 0) is 6.92 Å². The number of aliphatic carboxylic acids is 1. The molecule has 13 heavy (non-hydrogen) atoms. The highest BCUT2D eigenvalue weighted by Gasteiger charge is 2.14. The Morgan fingerprint density at radius 2 is 2.08 bits per heavy atom. The van der Waals surface area contributed by atoms with Gasteiger partial charge < -0.3 is 20.7 Å². The van der Waals surface area contributed by atoms with Crippen LogP contribution in [0.2, 0.25) is 0 Å². The van der Waals surface area contributed by atoms with Crippen molar-refractivity contribution >= 4 is 11.8 Å². The predicted molar refractivity (Wildman–Crippen MR) is 42.9 cm³/mol. The van der Waals surface area contributed by atoms with E-state index in [-0.39, 0.29) is 18.8 Å². The summed E-state index contributed by atoms with van der Waals surface area (Å²) < 4.78 is 4.60. The van der Waals surface area contributed by atoms with Crippen molar-refractivity contribution in [2.75, 3.05) is 6.61 Å². The van der Waals surface area contributed by atoms with Gasteiger partial charge in [-0.25, -0.2) is 0 Å². The largest absolute Gasteiger partial charge is 0.480 e. The fourth-order valence-corrected chi connectivity index (χ4v) is 0.591. The van der Waals surface area contributed by atoms with Gasteiger partial charge in [-0.2, -0.15) is 0 Å². The van der Waals surface area contributed by atoms with E-state index in [1.165, 1.54) is 6.92 Å². The van der Waals surface area contributed by atoms with Gasteiger partial charge in [0, 0.05) is 0 Å². The maximum absolute atomic E-state index is 10.4. The summed E-state index contributed by atoms with van der Waals surface area (Å²) in [6, 6.07) is -1.18. The maximum Gasteiger partial charge on any atom is 0.322 e. The monoisotopic (exact) mass is 191 g/mol. The predicted octanol–water partition coefficient (Wildman–Crippen LogP) is -1.29. The SMILES string of the molecule is CC(=O)CC(O)OC[C@H](N)C(=O)O. The highest BCUT2D eigenvalue weighted by molar-refractivity contribution is 5.75. The molecule has 0 aromatic heterocycles. The van der Waals surface area contributed by atoms with Crippen LogP contribution in [0.15, 0.2) is 0 Å². The van der Waals surface area contributed by atoms with E-state index in [1.807, 2.05) is 0 Å². The average molecular weight is 191 g/mol. The van der Waals surface area contributed by atoms with E-state index in [0.29, 0.717) is 0 Å². The minimum absolute atomic E-state index is 0.160. The normalized spacial score (nSPS) is 15.0. The summed E-state index contributed by atoms with van der Waals surface area (Å²) in [5.41, 5.74) is 5.08. The topological polar surface area (TPSA) is 110 Å². The quantitative estimate of drug-likeness (QED) is 0.451. The van der Waals surface area contributed by atoms with E-state index in [1.54, 1.807) is 0 Å². The molecule has 0 fully saturated rings. The Hall–Kier alpha value is -0.980. The lowest BCUT2D eigenvalue weighted by molar-refractivity contribution is -0.147. The number of hydrogen-bond acceptors (Lipinski definition) is 5. The van der Waals surface area contributed by atoms with Crippen LogP contribution >= 0.6 is 0 Å². The Balaban J connectivity index is 3.63. The third kappa shape index (κ3) is 6.21. The number of rotatable bonds is 6. The van der Waals surface area contributed by atoms with Crippen LogP contribution in [-0.2, 0) is 14.3 Å². The van der Waals surface area contributed by atoms with Crippen molar-refractivity contribution in [3.63, 3.8) is 0 Å². The summed E-state index contributed by atoms with van der Waals surface area (Å²) in [5, 5.41) is 17.3. The lowest BCUT2D eigenvalue weighted by Gasteiger charge is -2.12. The number of carboxylic acid groups (broad SMARTS) is 1. The molecule has 6 nitrogen and oxygen atoms in total. The molecule has 1 unspecified atom stereocenters. The van der Waals surface area contributed by atoms with E-state index >= 15 is 0 Å². The molecule has 0 aliphatic rings. The molecule has 0 rings (SSSR count). The van der Waals surface area contributed by atoms with Crippen molar-refractivity contribution < 1.29 is 24.5 Å². The van der Waals surface area contributed by atoms with Crippen LogP contribution in [0.1, 0.15) is 13.3 Å². The molecule has 0 heterocycles. The van der Waals surface area contributed by atoms with Crippen LogP contribution in [0, 0.1) is 0 Å². The molecule has 76 valence electrons. The van der Waals surface area contributed by atoms with Crippen LogP contribution in [-0.4, -0.2) is 40.9 Å². The molecule has 0 spiro atoms. The fourth-order valence-electron chi connectivity index (χ4n) is 0.591. The number of aliphatic hydroxyl groups is 1. The van der Waals surface area contributed by atoms with Gasteiger partial charge in [-0.15, -0.1) is 0 Å². The van der Waals surface area contributed by atoms with Crippen LogP contribution < -0.4 is 5.73 Å². The number of aliphatic hydroxyl groups excluding tert-OH is 1. The molecule has 0 saturated carbocycles. The van der Waals surface area contributed by atoms with Gasteiger partial charge in [-0.3, -0.25) is 9.59 Å². The first-order valence-corrected chi connectivity index (χ1v) is 3.71. The van der Waals surface area contributed by atoms with Crippen molar-refractivity contribution in [3.8, 4) is 0 Å². The Morgan fingerprint density at radius 1 is 1.54 bits per heavy atom. The summed E-state index contributed by atoms with van der Waals surface area (Å²) in [7, 11) is 0. The van der Waals surface area contributed by atoms with Gasteiger partial charge in [0.25, 0.3) is 0 Å². The van der Waals surface area contributed by atoms with E-state index in [9.17, 15) is 9.59 Å².